The van der Waals surface area contributed by atoms with Crippen molar-refractivity contribution in [3.05, 3.63) is 128 Å². The van der Waals surface area contributed by atoms with Gasteiger partial charge in [-0.25, -0.2) is 4.98 Å². The van der Waals surface area contributed by atoms with Crippen molar-refractivity contribution in [2.75, 3.05) is 0 Å². The van der Waals surface area contributed by atoms with E-state index in [1.165, 1.54) is 0 Å². The molecule has 0 fully saturated rings. The molecule has 8 aromatic rings. The van der Waals surface area contributed by atoms with Crippen molar-refractivity contribution < 1.29 is 8.83 Å². The van der Waals surface area contributed by atoms with Gasteiger partial charge in [0, 0.05) is 44.9 Å². The largest absolute Gasteiger partial charge is 0.472 e. The number of furan rings is 1. The molecule has 0 aliphatic heterocycles. The van der Waals surface area contributed by atoms with Crippen LogP contribution < -0.4 is 0 Å². The summed E-state index contributed by atoms with van der Waals surface area (Å²) in [5, 5.41) is 2.31. The third-order valence-corrected chi connectivity index (χ3v) is 7.23. The van der Waals surface area contributed by atoms with E-state index in [2.05, 4.69) is 70.2 Å². The highest BCUT2D eigenvalue weighted by atomic mass is 16.3. The molecule has 5 nitrogen and oxygen atoms in total. The summed E-state index contributed by atoms with van der Waals surface area (Å²) in [6.45, 7) is 0. The van der Waals surface area contributed by atoms with Crippen molar-refractivity contribution >= 4 is 32.9 Å². The third kappa shape index (κ3) is 3.48. The van der Waals surface area contributed by atoms with Crippen molar-refractivity contribution in [3.63, 3.8) is 0 Å². The average molecular weight is 504 g/mol. The molecule has 0 saturated heterocycles. The number of pyridine rings is 1. The van der Waals surface area contributed by atoms with Crippen molar-refractivity contribution in [3.8, 4) is 39.5 Å². The molecule has 5 heteroatoms. The number of fused-ring (bicyclic) bond motifs is 4. The zero-order valence-electron chi connectivity index (χ0n) is 20.8. The van der Waals surface area contributed by atoms with E-state index in [9.17, 15) is 0 Å². The summed E-state index contributed by atoms with van der Waals surface area (Å²) in [5.41, 5.74) is 9.89. The van der Waals surface area contributed by atoms with Crippen LogP contribution in [0.1, 0.15) is 0 Å². The highest BCUT2D eigenvalue weighted by Crippen LogP contribution is 2.40. The van der Waals surface area contributed by atoms with Crippen LogP contribution in [0.15, 0.2) is 137 Å². The number of hydrogen-bond acceptors (Lipinski definition) is 4. The monoisotopic (exact) mass is 503 g/mol. The van der Waals surface area contributed by atoms with Gasteiger partial charge in [-0.3, -0.25) is 4.98 Å². The van der Waals surface area contributed by atoms with Gasteiger partial charge in [-0.2, -0.15) is 0 Å². The number of hydrogen-bond donors (Lipinski definition) is 0. The second-order valence-electron chi connectivity index (χ2n) is 9.53. The molecule has 39 heavy (non-hydrogen) atoms. The van der Waals surface area contributed by atoms with Crippen LogP contribution in [0.5, 0.6) is 0 Å². The Hall–Kier alpha value is -5.42. The zero-order valence-corrected chi connectivity index (χ0v) is 20.8. The van der Waals surface area contributed by atoms with Gasteiger partial charge in [0.05, 0.1) is 29.3 Å². The molecule has 0 unspecified atom stereocenters. The summed E-state index contributed by atoms with van der Waals surface area (Å²) in [5.74, 6) is 0.604. The Morgan fingerprint density at radius 2 is 1.59 bits per heavy atom. The van der Waals surface area contributed by atoms with Crippen molar-refractivity contribution in [2.24, 2.45) is 0 Å². The normalized spacial score (nSPS) is 11.6. The van der Waals surface area contributed by atoms with Crippen LogP contribution in [-0.4, -0.2) is 14.5 Å². The number of nitrogens with zero attached hydrogens (tertiary/aromatic N) is 3. The zero-order chi connectivity index (χ0) is 25.8. The van der Waals surface area contributed by atoms with Crippen LogP contribution in [0, 0.1) is 0 Å². The lowest BCUT2D eigenvalue weighted by Gasteiger charge is -2.12. The molecule has 0 amide bonds. The molecule has 0 saturated carbocycles. The highest BCUT2D eigenvalue weighted by molar-refractivity contribution is 6.14. The maximum atomic E-state index is 6.14. The lowest BCUT2D eigenvalue weighted by molar-refractivity contribution is 0.568. The van der Waals surface area contributed by atoms with Crippen molar-refractivity contribution in [1.29, 1.82) is 0 Å². The molecule has 0 aliphatic carbocycles. The molecule has 4 aromatic heterocycles. The number of oxazole rings is 1. The fourth-order valence-corrected chi connectivity index (χ4v) is 5.45. The van der Waals surface area contributed by atoms with Gasteiger partial charge in [0.25, 0.3) is 0 Å². The summed E-state index contributed by atoms with van der Waals surface area (Å²) >= 11 is 0. The maximum Gasteiger partial charge on any atom is 0.227 e. The summed E-state index contributed by atoms with van der Waals surface area (Å²) in [4.78, 5) is 9.35. The first-order valence-corrected chi connectivity index (χ1v) is 12.8. The Labute approximate surface area is 223 Å². The van der Waals surface area contributed by atoms with Crippen LogP contribution in [0.2, 0.25) is 0 Å². The lowest BCUT2D eigenvalue weighted by Crippen LogP contribution is -1.96. The molecule has 0 spiro atoms. The molecule has 0 bridgehead atoms. The van der Waals surface area contributed by atoms with E-state index in [-0.39, 0.29) is 0 Å². The minimum Gasteiger partial charge on any atom is -0.472 e. The van der Waals surface area contributed by atoms with Crippen molar-refractivity contribution in [2.45, 2.75) is 0 Å². The topological polar surface area (TPSA) is 57.0 Å². The van der Waals surface area contributed by atoms with E-state index < -0.39 is 0 Å². The first kappa shape index (κ1) is 21.6. The first-order valence-electron chi connectivity index (χ1n) is 12.8. The fraction of sp³-hybridized carbons (Fsp3) is 0. The number of rotatable bonds is 4. The molecule has 8 rings (SSSR count). The van der Waals surface area contributed by atoms with Crippen LogP contribution in [-0.2, 0) is 0 Å². The smallest absolute Gasteiger partial charge is 0.227 e. The Balaban J connectivity index is 1.44. The molecule has 0 atom stereocenters. The minimum absolute atomic E-state index is 0.604. The first-order chi connectivity index (χ1) is 19.3. The van der Waals surface area contributed by atoms with Crippen LogP contribution >= 0.6 is 0 Å². The van der Waals surface area contributed by atoms with Crippen molar-refractivity contribution in [1.82, 2.24) is 14.5 Å². The molecular formula is C34H21N3O2. The maximum absolute atomic E-state index is 6.14. The summed E-state index contributed by atoms with van der Waals surface area (Å²) in [6.07, 6.45) is 5.34. The van der Waals surface area contributed by atoms with E-state index in [1.807, 2.05) is 54.7 Å². The lowest BCUT2D eigenvalue weighted by atomic mass is 10.0. The van der Waals surface area contributed by atoms with Gasteiger partial charge >= 0.3 is 0 Å². The number of para-hydroxylation sites is 3. The second kappa shape index (κ2) is 8.57. The summed E-state index contributed by atoms with van der Waals surface area (Å²) in [6, 6.07) is 37.2. The van der Waals surface area contributed by atoms with Crippen LogP contribution in [0.4, 0.5) is 0 Å². The molecule has 4 heterocycles. The van der Waals surface area contributed by atoms with E-state index in [0.29, 0.717) is 5.89 Å². The van der Waals surface area contributed by atoms with E-state index in [4.69, 9.17) is 13.8 Å². The molecule has 4 aromatic carbocycles. The quantitative estimate of drug-likeness (QED) is 0.241. The Morgan fingerprint density at radius 3 is 2.46 bits per heavy atom. The van der Waals surface area contributed by atoms with Gasteiger partial charge in [0.1, 0.15) is 5.52 Å². The standard InChI is InChI=1S/C34H21N3O2/c1-2-13-32-30(12-1)36-34(39-32)23-14-15-27-28-10-6-9-26(24-16-18-38-21-24)33(28)37(31(27)20-23)25-8-5-7-22(19-25)29-11-3-4-17-35-29/h1-21H. The number of benzene rings is 4. The van der Waals surface area contributed by atoms with Gasteiger partial charge in [-0.15, -0.1) is 0 Å². The molecule has 0 N–H and O–H groups in total. The van der Waals surface area contributed by atoms with Gasteiger partial charge < -0.3 is 13.4 Å². The van der Waals surface area contributed by atoms with E-state index in [1.54, 1.807) is 12.5 Å². The Morgan fingerprint density at radius 1 is 0.667 bits per heavy atom. The van der Waals surface area contributed by atoms with Gasteiger partial charge in [0.15, 0.2) is 5.58 Å². The predicted molar refractivity (Wildman–Crippen MR) is 155 cm³/mol. The van der Waals surface area contributed by atoms with Gasteiger partial charge in [-0.05, 0) is 54.6 Å². The summed E-state index contributed by atoms with van der Waals surface area (Å²) in [7, 11) is 0. The molecule has 0 radical (unpaired) electrons. The highest BCUT2D eigenvalue weighted by Gasteiger charge is 2.19. The average Bonchev–Trinajstić information content (AvgIpc) is 3.75. The second-order valence-corrected chi connectivity index (χ2v) is 9.53. The Kier molecular flexibility index (Phi) is 4.76. The van der Waals surface area contributed by atoms with Crippen LogP contribution in [0.25, 0.3) is 72.4 Å². The van der Waals surface area contributed by atoms with Gasteiger partial charge in [0.2, 0.25) is 5.89 Å². The van der Waals surface area contributed by atoms with E-state index in [0.717, 1.165) is 66.5 Å². The Bertz CT molecular complexity index is 2090. The molecule has 184 valence electrons. The number of aromatic nitrogens is 3. The minimum atomic E-state index is 0.604. The SMILES string of the molecule is c1ccc(-c2cccc(-n3c4cc(-c5nc6ccccc6o5)ccc4c4cccc(-c5ccoc5)c43)c2)nc1. The predicted octanol–water partition coefficient (Wildman–Crippen LogP) is 8.91. The van der Waals surface area contributed by atoms with Gasteiger partial charge in [-0.1, -0.05) is 54.6 Å². The molecule has 0 aliphatic rings. The molecular weight excluding hydrogens is 482 g/mol. The van der Waals surface area contributed by atoms with Crippen LogP contribution in [0.3, 0.4) is 0 Å². The summed E-state index contributed by atoms with van der Waals surface area (Å²) < 4.78 is 13.9. The van der Waals surface area contributed by atoms with E-state index >= 15 is 0 Å². The third-order valence-electron chi connectivity index (χ3n) is 7.23. The fourth-order valence-electron chi connectivity index (χ4n) is 5.45.